The maximum Gasteiger partial charge on any atom is 0.224 e. The first kappa shape index (κ1) is 19.2. The molecule has 0 fully saturated rings. The summed E-state index contributed by atoms with van der Waals surface area (Å²) in [5, 5.41) is 13.5. The monoisotopic (exact) mass is 420 g/mol. The van der Waals surface area contributed by atoms with E-state index in [1.165, 1.54) is 4.80 Å². The number of hydrogen-bond acceptors (Lipinski definition) is 4. The smallest absolute Gasteiger partial charge is 0.224 e. The van der Waals surface area contributed by atoms with Crippen molar-refractivity contribution in [1.29, 1.82) is 0 Å². The fourth-order valence-electron chi connectivity index (χ4n) is 3.83. The zero-order valence-electron chi connectivity index (χ0n) is 16.0. The van der Waals surface area contributed by atoms with Gasteiger partial charge in [-0.05, 0) is 38.7 Å². The summed E-state index contributed by atoms with van der Waals surface area (Å²) in [4.78, 5) is 19.6. The lowest BCUT2D eigenvalue weighted by Crippen LogP contribution is -2.28. The molecule has 148 valence electrons. The van der Waals surface area contributed by atoms with Gasteiger partial charge in [-0.2, -0.15) is 15.0 Å². The third kappa shape index (κ3) is 3.38. The number of halogens is 2. The highest BCUT2D eigenvalue weighted by atomic mass is 35.5. The Balaban J connectivity index is 1.96. The molecule has 9 heteroatoms. The summed E-state index contributed by atoms with van der Waals surface area (Å²) in [7, 11) is 5.86. The summed E-state index contributed by atoms with van der Waals surface area (Å²) >= 11 is 13.0. The van der Waals surface area contributed by atoms with Gasteiger partial charge < -0.3 is 15.2 Å². The van der Waals surface area contributed by atoms with Crippen LogP contribution in [0.5, 0.6) is 0 Å². The van der Waals surface area contributed by atoms with Crippen LogP contribution < -0.4 is 5.32 Å². The average molecular weight is 421 g/mol. The Kier molecular flexibility index (Phi) is 5.07. The second kappa shape index (κ2) is 7.39. The number of carbonyl (C=O) groups excluding carboxylic acids is 1. The second-order valence-corrected chi connectivity index (χ2v) is 8.26. The van der Waals surface area contributed by atoms with Gasteiger partial charge in [-0.15, -0.1) is 0 Å². The first-order chi connectivity index (χ1) is 13.3. The highest BCUT2D eigenvalue weighted by Crippen LogP contribution is 2.42. The second-order valence-electron chi connectivity index (χ2n) is 7.48. The molecule has 1 aromatic carbocycles. The first-order valence-corrected chi connectivity index (χ1v) is 9.91. The van der Waals surface area contributed by atoms with Crippen molar-refractivity contribution in [2.24, 2.45) is 7.05 Å². The van der Waals surface area contributed by atoms with E-state index in [1.807, 2.05) is 20.2 Å². The van der Waals surface area contributed by atoms with Crippen LogP contribution in [0.25, 0.3) is 22.2 Å². The Bertz CT molecular complexity index is 1050. The molecule has 0 bridgehead atoms. The molecule has 0 spiro atoms. The van der Waals surface area contributed by atoms with Gasteiger partial charge in [-0.1, -0.05) is 23.2 Å². The molecule has 2 N–H and O–H groups in total. The number of aryl methyl sites for hydroxylation is 1. The van der Waals surface area contributed by atoms with Gasteiger partial charge in [0.1, 0.15) is 5.69 Å². The van der Waals surface area contributed by atoms with E-state index in [4.69, 9.17) is 23.2 Å². The van der Waals surface area contributed by atoms with Gasteiger partial charge in [-0.25, -0.2) is 0 Å². The minimum Gasteiger partial charge on any atom is -0.357 e. The SMILES string of the molecule is CN(C)CCC1CNC(=O)Cc2c1[nH]c1c(Cl)c(Cl)cc(-c3cnn(C)n3)c21. The van der Waals surface area contributed by atoms with Gasteiger partial charge in [0.2, 0.25) is 5.91 Å². The highest BCUT2D eigenvalue weighted by molar-refractivity contribution is 6.45. The highest BCUT2D eigenvalue weighted by Gasteiger charge is 2.29. The minimum absolute atomic E-state index is 0.00525. The quantitative estimate of drug-likeness (QED) is 0.679. The molecule has 3 heterocycles. The van der Waals surface area contributed by atoms with Crippen molar-refractivity contribution in [3.05, 3.63) is 33.6 Å². The van der Waals surface area contributed by atoms with Crippen molar-refractivity contribution in [2.75, 3.05) is 27.2 Å². The normalized spacial score (nSPS) is 17.1. The topological polar surface area (TPSA) is 78.8 Å². The minimum atomic E-state index is 0.00525. The van der Waals surface area contributed by atoms with Crippen LogP contribution in [0.2, 0.25) is 10.0 Å². The average Bonchev–Trinajstić information content (AvgIpc) is 3.19. The third-order valence-corrected chi connectivity index (χ3v) is 5.99. The summed E-state index contributed by atoms with van der Waals surface area (Å²) in [6.07, 6.45) is 2.90. The van der Waals surface area contributed by atoms with Crippen LogP contribution in [0.15, 0.2) is 12.3 Å². The van der Waals surface area contributed by atoms with Crippen LogP contribution in [0.4, 0.5) is 0 Å². The van der Waals surface area contributed by atoms with Crippen molar-refractivity contribution < 1.29 is 4.79 Å². The predicted molar refractivity (Wildman–Crippen MR) is 111 cm³/mol. The molecule has 1 atom stereocenters. The number of amides is 1. The van der Waals surface area contributed by atoms with Crippen LogP contribution in [-0.4, -0.2) is 58.0 Å². The zero-order chi connectivity index (χ0) is 20.0. The number of carbonyl (C=O) groups is 1. The number of H-pyrrole nitrogens is 1. The number of benzene rings is 1. The van der Waals surface area contributed by atoms with E-state index in [0.717, 1.165) is 40.7 Å². The van der Waals surface area contributed by atoms with E-state index < -0.39 is 0 Å². The van der Waals surface area contributed by atoms with Crippen molar-refractivity contribution in [1.82, 2.24) is 30.2 Å². The molecular weight excluding hydrogens is 399 g/mol. The van der Waals surface area contributed by atoms with Crippen molar-refractivity contribution in [2.45, 2.75) is 18.8 Å². The molecule has 2 aromatic heterocycles. The van der Waals surface area contributed by atoms with Crippen LogP contribution in [0.1, 0.15) is 23.6 Å². The van der Waals surface area contributed by atoms with Crippen LogP contribution in [-0.2, 0) is 18.3 Å². The van der Waals surface area contributed by atoms with Crippen LogP contribution in [0, 0.1) is 0 Å². The summed E-state index contributed by atoms with van der Waals surface area (Å²) in [6, 6.07) is 1.81. The number of rotatable bonds is 4. The van der Waals surface area contributed by atoms with Gasteiger partial charge in [0.15, 0.2) is 0 Å². The molecule has 1 amide bonds. The summed E-state index contributed by atoms with van der Waals surface area (Å²) in [5.41, 5.74) is 4.29. The van der Waals surface area contributed by atoms with Gasteiger partial charge in [-0.3, -0.25) is 4.79 Å². The molecule has 0 saturated carbocycles. The molecule has 3 aromatic rings. The Morgan fingerprint density at radius 3 is 2.82 bits per heavy atom. The maximum atomic E-state index is 12.4. The Morgan fingerprint density at radius 2 is 2.14 bits per heavy atom. The van der Waals surface area contributed by atoms with E-state index in [9.17, 15) is 4.79 Å². The van der Waals surface area contributed by atoms with Crippen molar-refractivity contribution >= 4 is 40.0 Å². The number of fused-ring (bicyclic) bond motifs is 3. The Hall–Kier alpha value is -2.09. The number of nitrogens with zero attached hydrogens (tertiary/aromatic N) is 4. The Labute approximate surface area is 173 Å². The zero-order valence-corrected chi connectivity index (χ0v) is 17.5. The summed E-state index contributed by atoms with van der Waals surface area (Å²) < 4.78 is 0. The van der Waals surface area contributed by atoms with Gasteiger partial charge in [0, 0.05) is 36.2 Å². The van der Waals surface area contributed by atoms with Crippen molar-refractivity contribution in [3.8, 4) is 11.3 Å². The number of nitrogens with one attached hydrogen (secondary N) is 2. The molecule has 0 aliphatic carbocycles. The van der Waals surface area contributed by atoms with Crippen LogP contribution in [0.3, 0.4) is 0 Å². The molecule has 28 heavy (non-hydrogen) atoms. The molecular formula is C19H22Cl2N6O. The van der Waals surface area contributed by atoms with Gasteiger partial charge >= 0.3 is 0 Å². The lowest BCUT2D eigenvalue weighted by Gasteiger charge is -2.17. The van der Waals surface area contributed by atoms with Crippen LogP contribution >= 0.6 is 23.2 Å². The number of hydrogen-bond donors (Lipinski definition) is 2. The summed E-state index contributed by atoms with van der Waals surface area (Å²) in [5.74, 6) is 0.173. The Morgan fingerprint density at radius 1 is 1.36 bits per heavy atom. The largest absolute Gasteiger partial charge is 0.357 e. The standard InChI is InChI=1S/C19H22Cl2N6O/c1-26(2)5-4-10-8-22-15(28)7-12-16-11(14-9-23-27(3)25-14)6-13(20)17(21)19(16)24-18(10)12/h6,9-10,24H,4-5,7-8H2,1-3H3,(H,22,28). The lowest BCUT2D eigenvalue weighted by molar-refractivity contribution is -0.120. The molecule has 1 unspecified atom stereocenters. The molecule has 1 aliphatic rings. The van der Waals surface area contributed by atoms with E-state index in [0.29, 0.717) is 28.7 Å². The van der Waals surface area contributed by atoms with E-state index in [2.05, 4.69) is 25.4 Å². The predicted octanol–water partition coefficient (Wildman–Crippen LogP) is 2.98. The molecule has 0 saturated heterocycles. The van der Waals surface area contributed by atoms with Gasteiger partial charge in [0.05, 0.1) is 28.2 Å². The lowest BCUT2D eigenvalue weighted by atomic mass is 9.94. The van der Waals surface area contributed by atoms with Gasteiger partial charge in [0.25, 0.3) is 0 Å². The third-order valence-electron chi connectivity index (χ3n) is 5.20. The van der Waals surface area contributed by atoms with Crippen molar-refractivity contribution in [3.63, 3.8) is 0 Å². The summed E-state index contributed by atoms with van der Waals surface area (Å²) in [6.45, 7) is 1.51. The molecule has 7 nitrogen and oxygen atoms in total. The van der Waals surface area contributed by atoms with E-state index >= 15 is 0 Å². The number of aromatic nitrogens is 4. The molecule has 1 aliphatic heterocycles. The molecule has 4 rings (SSSR count). The van der Waals surface area contributed by atoms with E-state index in [-0.39, 0.29) is 11.8 Å². The fourth-order valence-corrected chi connectivity index (χ4v) is 4.23. The first-order valence-electron chi connectivity index (χ1n) is 9.15. The fraction of sp³-hybridized carbons (Fsp3) is 0.421. The number of aromatic amines is 1. The maximum absolute atomic E-state index is 12.4. The van der Waals surface area contributed by atoms with E-state index in [1.54, 1.807) is 13.2 Å². The molecule has 0 radical (unpaired) electrons.